The maximum Gasteiger partial charge on any atom is 0.194 e. The van der Waals surface area contributed by atoms with E-state index in [9.17, 15) is 9.90 Å². The van der Waals surface area contributed by atoms with Crippen molar-refractivity contribution in [2.75, 3.05) is 0 Å². The number of carbonyl (C=O) groups excluding carboxylic acids is 1. The van der Waals surface area contributed by atoms with Crippen molar-refractivity contribution in [1.82, 2.24) is 0 Å². The lowest BCUT2D eigenvalue weighted by atomic mass is 9.84. The molecule has 0 heterocycles. The zero-order chi connectivity index (χ0) is 14.6. The van der Waals surface area contributed by atoms with Crippen molar-refractivity contribution in [3.05, 3.63) is 59.9 Å². The Kier molecular flexibility index (Phi) is 4.40. The molecule has 0 saturated heterocycles. The fourth-order valence-electron chi connectivity index (χ4n) is 2.31. The van der Waals surface area contributed by atoms with E-state index in [1.807, 2.05) is 44.2 Å². The van der Waals surface area contributed by atoms with Crippen LogP contribution >= 0.6 is 0 Å². The van der Waals surface area contributed by atoms with Crippen molar-refractivity contribution in [3.63, 3.8) is 0 Å². The van der Waals surface area contributed by atoms with Crippen LogP contribution in [0.15, 0.2) is 54.3 Å². The molecule has 1 aliphatic carbocycles. The molecular weight excluding hydrogens is 252 g/mol. The number of hydrogen-bond donors (Lipinski definition) is 1. The molecule has 2 rings (SSSR count). The minimum Gasteiger partial charge on any atom is -0.490 e. The molecule has 20 heavy (non-hydrogen) atoms. The normalized spacial score (nSPS) is 22.0. The third-order valence-corrected chi connectivity index (χ3v) is 3.25. The fourth-order valence-corrected chi connectivity index (χ4v) is 2.31. The van der Waals surface area contributed by atoms with Gasteiger partial charge in [-0.1, -0.05) is 50.3 Å². The molecule has 0 aromatic heterocycles. The third kappa shape index (κ3) is 3.17. The number of carbonyl (C=O) groups is 1. The summed E-state index contributed by atoms with van der Waals surface area (Å²) in [5.41, 5.74) is -0.528. The predicted molar refractivity (Wildman–Crippen MR) is 77.9 cm³/mol. The molecule has 0 fully saturated rings. The van der Waals surface area contributed by atoms with E-state index >= 15 is 0 Å². The van der Waals surface area contributed by atoms with Crippen LogP contribution in [0.25, 0.3) is 0 Å². The molecule has 3 nitrogen and oxygen atoms in total. The lowest BCUT2D eigenvalue weighted by Crippen LogP contribution is -2.43. The smallest absolute Gasteiger partial charge is 0.194 e. The van der Waals surface area contributed by atoms with Gasteiger partial charge in [-0.05, 0) is 30.1 Å². The summed E-state index contributed by atoms with van der Waals surface area (Å²) < 4.78 is 5.69. The largest absolute Gasteiger partial charge is 0.490 e. The van der Waals surface area contributed by atoms with Crippen LogP contribution in [0.3, 0.4) is 0 Å². The third-order valence-electron chi connectivity index (χ3n) is 3.25. The highest BCUT2D eigenvalue weighted by Gasteiger charge is 2.41. The number of hydrogen-bond acceptors (Lipinski definition) is 3. The van der Waals surface area contributed by atoms with Gasteiger partial charge in [-0.3, -0.25) is 4.79 Å². The van der Waals surface area contributed by atoms with Gasteiger partial charge in [0.15, 0.2) is 11.4 Å². The first kappa shape index (κ1) is 14.5. The van der Waals surface area contributed by atoms with Crippen LogP contribution in [0.2, 0.25) is 0 Å². The zero-order valence-corrected chi connectivity index (χ0v) is 11.9. The maximum atomic E-state index is 12.0. The number of aliphatic hydroxyl groups is 1. The number of benzene rings is 1. The molecule has 3 heteroatoms. The van der Waals surface area contributed by atoms with Crippen molar-refractivity contribution in [2.45, 2.75) is 32.5 Å². The van der Waals surface area contributed by atoms with E-state index in [0.717, 1.165) is 5.56 Å². The highest BCUT2D eigenvalue weighted by Crippen LogP contribution is 2.31. The first-order valence-electron chi connectivity index (χ1n) is 6.85. The Labute approximate surface area is 119 Å². The van der Waals surface area contributed by atoms with Crippen LogP contribution in [0.5, 0.6) is 0 Å². The SMILES string of the molecule is CC(C)C[C@]1(O)C(=O)C=CC=C1OCc1ccccc1. The molecule has 1 atom stereocenters. The van der Waals surface area contributed by atoms with Gasteiger partial charge in [0.05, 0.1) is 0 Å². The van der Waals surface area contributed by atoms with Crippen molar-refractivity contribution < 1.29 is 14.6 Å². The second kappa shape index (κ2) is 6.06. The summed E-state index contributed by atoms with van der Waals surface area (Å²) in [6.45, 7) is 4.28. The van der Waals surface area contributed by atoms with E-state index in [1.165, 1.54) is 6.08 Å². The van der Waals surface area contributed by atoms with Gasteiger partial charge in [0.25, 0.3) is 0 Å². The summed E-state index contributed by atoms with van der Waals surface area (Å²) in [4.78, 5) is 12.0. The summed E-state index contributed by atoms with van der Waals surface area (Å²) in [6.07, 6.45) is 5.05. The van der Waals surface area contributed by atoms with Gasteiger partial charge in [-0.25, -0.2) is 0 Å². The molecule has 0 radical (unpaired) electrons. The summed E-state index contributed by atoms with van der Waals surface area (Å²) in [5.74, 6) is 0.221. The molecule has 0 unspecified atom stereocenters. The Morgan fingerprint density at radius 3 is 2.60 bits per heavy atom. The van der Waals surface area contributed by atoms with Crippen molar-refractivity contribution in [3.8, 4) is 0 Å². The minimum absolute atomic E-state index is 0.194. The highest BCUT2D eigenvalue weighted by molar-refractivity contribution is 6.00. The van der Waals surface area contributed by atoms with Crippen LogP contribution in [0, 0.1) is 5.92 Å². The van der Waals surface area contributed by atoms with Crippen molar-refractivity contribution in [2.24, 2.45) is 5.92 Å². The lowest BCUT2D eigenvalue weighted by Gasteiger charge is -2.31. The summed E-state index contributed by atoms with van der Waals surface area (Å²) in [6, 6.07) is 9.69. The van der Waals surface area contributed by atoms with Gasteiger partial charge in [0.2, 0.25) is 0 Å². The maximum absolute atomic E-state index is 12.0. The molecule has 0 amide bonds. The van der Waals surface area contributed by atoms with Crippen molar-refractivity contribution >= 4 is 5.78 Å². The standard InChI is InChI=1S/C17H20O3/c1-13(2)11-17(19)15(18)9-6-10-16(17)20-12-14-7-4-3-5-8-14/h3-10,13,19H,11-12H2,1-2H3/t17-/m0/s1. The first-order chi connectivity index (χ1) is 9.52. The molecule has 1 aromatic carbocycles. The van der Waals surface area contributed by atoms with E-state index in [2.05, 4.69) is 0 Å². The Bertz CT molecular complexity index is 528. The quantitative estimate of drug-likeness (QED) is 0.896. The minimum atomic E-state index is -1.53. The van der Waals surface area contributed by atoms with Gasteiger partial charge in [-0.2, -0.15) is 0 Å². The molecule has 106 valence electrons. The highest BCUT2D eigenvalue weighted by atomic mass is 16.5. The Morgan fingerprint density at radius 2 is 1.95 bits per heavy atom. The Morgan fingerprint density at radius 1 is 1.25 bits per heavy atom. The summed E-state index contributed by atoms with van der Waals surface area (Å²) in [5, 5.41) is 10.7. The Hall–Kier alpha value is -1.87. The van der Waals surface area contributed by atoms with E-state index in [1.54, 1.807) is 12.2 Å². The Balaban J connectivity index is 2.13. The fraction of sp³-hybridized carbons (Fsp3) is 0.353. The molecule has 0 aliphatic heterocycles. The molecule has 1 aromatic rings. The van der Waals surface area contributed by atoms with Gasteiger partial charge in [0.1, 0.15) is 12.4 Å². The van der Waals surface area contributed by atoms with Crippen LogP contribution < -0.4 is 0 Å². The average Bonchev–Trinajstić information content (AvgIpc) is 2.41. The summed E-state index contributed by atoms with van der Waals surface area (Å²) in [7, 11) is 0. The topological polar surface area (TPSA) is 46.5 Å². The first-order valence-corrected chi connectivity index (χ1v) is 6.85. The van der Waals surface area contributed by atoms with E-state index in [-0.39, 0.29) is 11.7 Å². The number of rotatable bonds is 5. The number of allylic oxidation sites excluding steroid dienone is 2. The van der Waals surface area contributed by atoms with E-state index in [4.69, 9.17) is 4.74 Å². The van der Waals surface area contributed by atoms with Gasteiger partial charge >= 0.3 is 0 Å². The number of ketones is 1. The van der Waals surface area contributed by atoms with Crippen LogP contribution in [0.4, 0.5) is 0 Å². The van der Waals surface area contributed by atoms with Crippen molar-refractivity contribution in [1.29, 1.82) is 0 Å². The molecule has 1 N–H and O–H groups in total. The van der Waals surface area contributed by atoms with Gasteiger partial charge in [0, 0.05) is 0 Å². The molecule has 1 aliphatic rings. The average molecular weight is 272 g/mol. The van der Waals surface area contributed by atoms with E-state index < -0.39 is 5.60 Å². The van der Waals surface area contributed by atoms with Crippen LogP contribution in [0.1, 0.15) is 25.8 Å². The lowest BCUT2D eigenvalue weighted by molar-refractivity contribution is -0.134. The predicted octanol–water partition coefficient (Wildman–Crippen LogP) is 3.00. The number of ether oxygens (including phenoxy) is 1. The summed E-state index contributed by atoms with van der Waals surface area (Å²) >= 11 is 0. The molecule has 0 saturated carbocycles. The van der Waals surface area contributed by atoms with Crippen LogP contribution in [-0.2, 0) is 16.1 Å². The molecular formula is C17H20O3. The second-order valence-electron chi connectivity index (χ2n) is 5.49. The molecule has 0 bridgehead atoms. The van der Waals surface area contributed by atoms with Gasteiger partial charge in [-0.15, -0.1) is 0 Å². The van der Waals surface area contributed by atoms with E-state index in [0.29, 0.717) is 18.8 Å². The second-order valence-corrected chi connectivity index (χ2v) is 5.49. The van der Waals surface area contributed by atoms with Crippen LogP contribution in [-0.4, -0.2) is 16.5 Å². The monoisotopic (exact) mass is 272 g/mol. The zero-order valence-electron chi connectivity index (χ0n) is 11.9. The molecule has 0 spiro atoms. The van der Waals surface area contributed by atoms with Gasteiger partial charge < -0.3 is 9.84 Å².